The Morgan fingerprint density at radius 2 is 2.44 bits per heavy atom. The third kappa shape index (κ3) is 2.45. The second-order valence-corrected chi connectivity index (χ2v) is 5.50. The van der Waals surface area contributed by atoms with Gasteiger partial charge in [-0.25, -0.2) is 4.98 Å². The number of imidazole rings is 1. The minimum atomic E-state index is -0.639. The Morgan fingerprint density at radius 3 is 3.00 bits per heavy atom. The van der Waals surface area contributed by atoms with Crippen molar-refractivity contribution in [1.29, 1.82) is 0 Å². The van der Waals surface area contributed by atoms with Gasteiger partial charge >= 0.3 is 0 Å². The van der Waals surface area contributed by atoms with Crippen LogP contribution in [0, 0.1) is 5.92 Å². The van der Waals surface area contributed by atoms with Crippen LogP contribution in [0.15, 0.2) is 12.4 Å². The molecule has 1 heterocycles. The molecule has 102 valence electrons. The third-order valence-electron chi connectivity index (χ3n) is 4.02. The number of hydrogen-bond acceptors (Lipinski definition) is 3. The van der Waals surface area contributed by atoms with Gasteiger partial charge < -0.3 is 14.4 Å². The average molecular weight is 252 g/mol. The van der Waals surface area contributed by atoms with Crippen LogP contribution in [0.4, 0.5) is 0 Å². The molecule has 1 aromatic heterocycles. The molecule has 18 heavy (non-hydrogen) atoms. The molecule has 1 aliphatic carbocycles. The fourth-order valence-electron chi connectivity index (χ4n) is 3.17. The van der Waals surface area contributed by atoms with Crippen LogP contribution in [-0.2, 0) is 11.8 Å². The van der Waals surface area contributed by atoms with Gasteiger partial charge in [0, 0.05) is 26.0 Å². The van der Waals surface area contributed by atoms with Crippen LogP contribution >= 0.6 is 0 Å². The maximum Gasteiger partial charge on any atom is 0.141 e. The van der Waals surface area contributed by atoms with Crippen molar-refractivity contribution in [3.8, 4) is 0 Å². The lowest BCUT2D eigenvalue weighted by Gasteiger charge is -2.42. The van der Waals surface area contributed by atoms with Gasteiger partial charge in [0.1, 0.15) is 17.5 Å². The summed E-state index contributed by atoms with van der Waals surface area (Å²) in [5.74, 6) is 1.30. The highest BCUT2D eigenvalue weighted by Gasteiger charge is 2.44. The molecule has 0 aliphatic heterocycles. The summed E-state index contributed by atoms with van der Waals surface area (Å²) in [6.45, 7) is 4.86. The predicted molar refractivity (Wildman–Crippen MR) is 70.2 cm³/mol. The van der Waals surface area contributed by atoms with Crippen molar-refractivity contribution in [3.05, 3.63) is 18.2 Å². The zero-order valence-electron chi connectivity index (χ0n) is 11.6. The van der Waals surface area contributed by atoms with E-state index >= 15 is 0 Å². The normalized spacial score (nSPS) is 30.3. The Morgan fingerprint density at radius 1 is 1.67 bits per heavy atom. The van der Waals surface area contributed by atoms with Gasteiger partial charge in [-0.05, 0) is 25.7 Å². The van der Waals surface area contributed by atoms with E-state index in [1.165, 1.54) is 6.42 Å². The number of hydrogen-bond donors (Lipinski definition) is 1. The van der Waals surface area contributed by atoms with E-state index in [2.05, 4.69) is 11.9 Å². The van der Waals surface area contributed by atoms with Crippen molar-refractivity contribution in [2.45, 2.75) is 51.2 Å². The molecule has 0 saturated heterocycles. The van der Waals surface area contributed by atoms with E-state index in [1.807, 2.05) is 24.7 Å². The molecule has 3 unspecified atom stereocenters. The lowest BCUT2D eigenvalue weighted by molar-refractivity contribution is -0.153. The van der Waals surface area contributed by atoms with Gasteiger partial charge in [0.2, 0.25) is 0 Å². The van der Waals surface area contributed by atoms with E-state index in [0.29, 0.717) is 18.3 Å². The first-order chi connectivity index (χ1) is 8.59. The Kier molecular flexibility index (Phi) is 4.07. The first-order valence-electron chi connectivity index (χ1n) is 6.88. The van der Waals surface area contributed by atoms with Crippen molar-refractivity contribution < 1.29 is 9.84 Å². The van der Waals surface area contributed by atoms with Crippen LogP contribution in [0.1, 0.15) is 51.5 Å². The number of aliphatic hydroxyl groups excluding tert-OH is 1. The van der Waals surface area contributed by atoms with Gasteiger partial charge in [0.15, 0.2) is 0 Å². The van der Waals surface area contributed by atoms with Crippen LogP contribution in [0.3, 0.4) is 0 Å². The maximum atomic E-state index is 10.7. The van der Waals surface area contributed by atoms with Gasteiger partial charge in [0.05, 0.1) is 0 Å². The minimum Gasteiger partial charge on any atom is -0.382 e. The Balaban J connectivity index is 2.26. The molecular formula is C14H24N2O2. The molecule has 0 spiro atoms. The summed E-state index contributed by atoms with van der Waals surface area (Å²) < 4.78 is 7.86. The molecule has 0 amide bonds. The Bertz CT molecular complexity index is 387. The van der Waals surface area contributed by atoms with Crippen molar-refractivity contribution in [2.75, 3.05) is 6.61 Å². The highest BCUT2D eigenvalue weighted by molar-refractivity contribution is 5.06. The summed E-state index contributed by atoms with van der Waals surface area (Å²) in [7, 11) is 1.91. The van der Waals surface area contributed by atoms with Crippen LogP contribution in [-0.4, -0.2) is 26.9 Å². The first-order valence-corrected chi connectivity index (χ1v) is 6.88. The van der Waals surface area contributed by atoms with Gasteiger partial charge in [-0.3, -0.25) is 0 Å². The summed E-state index contributed by atoms with van der Waals surface area (Å²) >= 11 is 0. The topological polar surface area (TPSA) is 47.3 Å². The zero-order chi connectivity index (χ0) is 13.2. The zero-order valence-corrected chi connectivity index (χ0v) is 11.6. The van der Waals surface area contributed by atoms with Crippen LogP contribution in [0.2, 0.25) is 0 Å². The summed E-state index contributed by atoms with van der Waals surface area (Å²) in [6.07, 6.45) is 7.12. The van der Waals surface area contributed by atoms with Gasteiger partial charge in [0.25, 0.3) is 0 Å². The molecule has 0 radical (unpaired) electrons. The number of aromatic nitrogens is 2. The van der Waals surface area contributed by atoms with Gasteiger partial charge in [-0.2, -0.15) is 0 Å². The number of nitrogens with zero attached hydrogens (tertiary/aromatic N) is 2. The molecule has 0 bridgehead atoms. The van der Waals surface area contributed by atoms with Crippen LogP contribution in [0.5, 0.6) is 0 Å². The van der Waals surface area contributed by atoms with Gasteiger partial charge in [-0.1, -0.05) is 19.8 Å². The van der Waals surface area contributed by atoms with E-state index < -0.39 is 11.7 Å². The second-order valence-electron chi connectivity index (χ2n) is 5.50. The standard InChI is InChI=1S/C14H24N2O2/c1-4-18-14(7-5-6-11(2)10-14)12(17)13-15-8-9-16(13)3/h8-9,11-12,17H,4-7,10H2,1-3H3. The molecule has 0 aromatic carbocycles. The van der Waals surface area contributed by atoms with E-state index in [4.69, 9.17) is 4.74 Å². The lowest BCUT2D eigenvalue weighted by atomic mass is 9.75. The Labute approximate surface area is 109 Å². The molecule has 1 aromatic rings. The van der Waals surface area contributed by atoms with Crippen molar-refractivity contribution in [3.63, 3.8) is 0 Å². The second kappa shape index (κ2) is 5.41. The first kappa shape index (κ1) is 13.6. The molecule has 1 aliphatic rings. The number of aliphatic hydroxyl groups is 1. The average Bonchev–Trinajstić information content (AvgIpc) is 2.75. The molecule has 1 N–H and O–H groups in total. The van der Waals surface area contributed by atoms with Crippen LogP contribution in [0.25, 0.3) is 0 Å². The fraction of sp³-hybridized carbons (Fsp3) is 0.786. The fourth-order valence-corrected chi connectivity index (χ4v) is 3.17. The molecule has 3 atom stereocenters. The van der Waals surface area contributed by atoms with Gasteiger partial charge in [-0.15, -0.1) is 0 Å². The highest BCUT2D eigenvalue weighted by Crippen LogP contribution is 2.43. The monoisotopic (exact) mass is 252 g/mol. The molecule has 1 saturated carbocycles. The summed E-state index contributed by atoms with van der Waals surface area (Å²) in [4.78, 5) is 4.28. The SMILES string of the molecule is CCOC1(C(O)c2nccn2C)CCCC(C)C1. The maximum absolute atomic E-state index is 10.7. The Hall–Kier alpha value is -0.870. The lowest BCUT2D eigenvalue weighted by Crippen LogP contribution is -2.44. The summed E-state index contributed by atoms with van der Waals surface area (Å²) in [5.41, 5.74) is -0.453. The van der Waals surface area contributed by atoms with Crippen molar-refractivity contribution in [2.24, 2.45) is 13.0 Å². The smallest absolute Gasteiger partial charge is 0.141 e. The van der Waals surface area contributed by atoms with E-state index in [1.54, 1.807) is 6.20 Å². The van der Waals surface area contributed by atoms with Crippen molar-refractivity contribution >= 4 is 0 Å². The highest BCUT2D eigenvalue weighted by atomic mass is 16.5. The van der Waals surface area contributed by atoms with E-state index in [9.17, 15) is 5.11 Å². The number of rotatable bonds is 4. The molecular weight excluding hydrogens is 228 g/mol. The molecule has 4 nitrogen and oxygen atoms in total. The summed E-state index contributed by atoms with van der Waals surface area (Å²) in [5, 5.41) is 10.7. The van der Waals surface area contributed by atoms with E-state index in [0.717, 1.165) is 19.3 Å². The van der Waals surface area contributed by atoms with E-state index in [-0.39, 0.29) is 0 Å². The summed E-state index contributed by atoms with van der Waals surface area (Å²) in [6, 6.07) is 0. The third-order valence-corrected chi connectivity index (χ3v) is 4.02. The molecule has 4 heteroatoms. The molecule has 2 rings (SSSR count). The molecule has 1 fully saturated rings. The quantitative estimate of drug-likeness (QED) is 0.895. The predicted octanol–water partition coefficient (Wildman–Crippen LogP) is 2.44. The number of ether oxygens (including phenoxy) is 1. The minimum absolute atomic E-state index is 0.453. The number of aryl methyl sites for hydroxylation is 1. The van der Waals surface area contributed by atoms with Crippen molar-refractivity contribution in [1.82, 2.24) is 9.55 Å². The van der Waals surface area contributed by atoms with Crippen LogP contribution < -0.4 is 0 Å². The largest absolute Gasteiger partial charge is 0.382 e.